The summed E-state index contributed by atoms with van der Waals surface area (Å²) in [5.74, 6) is 0.100. The highest BCUT2D eigenvalue weighted by Crippen LogP contribution is 2.23. The van der Waals surface area contributed by atoms with Crippen molar-refractivity contribution in [3.05, 3.63) is 65.5 Å². The number of hydrogen-bond acceptors (Lipinski definition) is 3. The summed E-state index contributed by atoms with van der Waals surface area (Å²) in [5.41, 5.74) is 3.13. The third-order valence-electron chi connectivity index (χ3n) is 4.31. The Morgan fingerprint density at radius 1 is 1.29 bits per heavy atom. The van der Waals surface area contributed by atoms with Gasteiger partial charge in [-0.2, -0.15) is 0 Å². The van der Waals surface area contributed by atoms with E-state index in [1.54, 1.807) is 6.20 Å². The lowest BCUT2D eigenvalue weighted by molar-refractivity contribution is 0.0634. The molecule has 1 unspecified atom stereocenters. The first kappa shape index (κ1) is 18.4. The van der Waals surface area contributed by atoms with Gasteiger partial charge in [-0.1, -0.05) is 31.5 Å². The van der Waals surface area contributed by atoms with Crippen LogP contribution in [0.15, 0.2) is 48.8 Å². The molecular formula is C19H24ClN3O. The van der Waals surface area contributed by atoms with Gasteiger partial charge in [-0.05, 0) is 35.7 Å². The van der Waals surface area contributed by atoms with E-state index >= 15 is 0 Å². The standard InChI is InChI=1S/C19H23N3O.ClH/c1-2-4-15-6-8-16(9-7-15)19(23)22-12-11-21-14-18(22)17-5-3-10-20-13-17;/h3,5-10,13,18,21H,2,4,11-12,14H2,1H3;1H. The molecule has 1 aliphatic rings. The molecule has 0 spiro atoms. The Labute approximate surface area is 149 Å². The number of aromatic nitrogens is 1. The summed E-state index contributed by atoms with van der Waals surface area (Å²) in [7, 11) is 0. The van der Waals surface area contributed by atoms with Crippen molar-refractivity contribution < 1.29 is 4.79 Å². The van der Waals surface area contributed by atoms with Crippen LogP contribution in [0.4, 0.5) is 0 Å². The molecule has 1 fully saturated rings. The van der Waals surface area contributed by atoms with Crippen LogP contribution in [0, 0.1) is 0 Å². The predicted molar refractivity (Wildman–Crippen MR) is 98.6 cm³/mol. The molecule has 1 atom stereocenters. The van der Waals surface area contributed by atoms with Gasteiger partial charge >= 0.3 is 0 Å². The van der Waals surface area contributed by atoms with Crippen molar-refractivity contribution in [2.75, 3.05) is 19.6 Å². The van der Waals surface area contributed by atoms with E-state index in [1.165, 1.54) is 5.56 Å². The van der Waals surface area contributed by atoms with Crippen LogP contribution in [-0.4, -0.2) is 35.4 Å². The van der Waals surface area contributed by atoms with Crippen LogP contribution in [0.1, 0.15) is 40.9 Å². The van der Waals surface area contributed by atoms with Gasteiger partial charge in [-0.25, -0.2) is 0 Å². The fraction of sp³-hybridized carbons (Fsp3) is 0.368. The lowest BCUT2D eigenvalue weighted by Gasteiger charge is -2.36. The second-order valence-electron chi connectivity index (χ2n) is 5.95. The number of amides is 1. The molecule has 0 radical (unpaired) electrons. The number of piperazine rings is 1. The second kappa shape index (κ2) is 8.81. The van der Waals surface area contributed by atoms with Crippen LogP contribution in [0.2, 0.25) is 0 Å². The molecule has 3 rings (SSSR count). The molecule has 2 aromatic rings. The smallest absolute Gasteiger partial charge is 0.254 e. The molecule has 0 saturated carbocycles. The zero-order chi connectivity index (χ0) is 16.1. The zero-order valence-electron chi connectivity index (χ0n) is 13.9. The molecule has 1 amide bonds. The fourth-order valence-corrected chi connectivity index (χ4v) is 3.09. The van der Waals surface area contributed by atoms with Crippen molar-refractivity contribution in [2.45, 2.75) is 25.8 Å². The first-order valence-corrected chi connectivity index (χ1v) is 8.30. The number of carbonyl (C=O) groups excluding carboxylic acids is 1. The number of carbonyl (C=O) groups is 1. The molecule has 24 heavy (non-hydrogen) atoms. The molecule has 1 aliphatic heterocycles. The molecule has 1 aromatic carbocycles. The molecular weight excluding hydrogens is 322 g/mol. The van der Waals surface area contributed by atoms with Crippen LogP contribution in [0.3, 0.4) is 0 Å². The number of hydrogen-bond donors (Lipinski definition) is 1. The number of nitrogens with one attached hydrogen (secondary N) is 1. The number of pyridine rings is 1. The van der Waals surface area contributed by atoms with Crippen LogP contribution < -0.4 is 5.32 Å². The molecule has 128 valence electrons. The van der Waals surface area contributed by atoms with E-state index in [2.05, 4.69) is 29.4 Å². The number of aryl methyl sites for hydroxylation is 1. The van der Waals surface area contributed by atoms with E-state index in [0.717, 1.165) is 43.6 Å². The number of benzene rings is 1. The Hall–Kier alpha value is -1.91. The number of halogens is 1. The predicted octanol–water partition coefficient (Wildman–Crippen LogP) is 3.24. The number of nitrogens with zero attached hydrogens (tertiary/aromatic N) is 2. The van der Waals surface area contributed by atoms with Crippen LogP contribution >= 0.6 is 12.4 Å². The van der Waals surface area contributed by atoms with E-state index in [0.29, 0.717) is 0 Å². The van der Waals surface area contributed by atoms with Crippen molar-refractivity contribution in [3.8, 4) is 0 Å². The summed E-state index contributed by atoms with van der Waals surface area (Å²) in [6.07, 6.45) is 5.79. The average Bonchev–Trinajstić information content (AvgIpc) is 2.63. The van der Waals surface area contributed by atoms with Gasteiger partial charge in [0.2, 0.25) is 0 Å². The Bertz CT molecular complexity index is 645. The summed E-state index contributed by atoms with van der Waals surface area (Å²) in [6.45, 7) is 4.48. The van der Waals surface area contributed by atoms with Crippen LogP contribution in [0.25, 0.3) is 0 Å². The van der Waals surface area contributed by atoms with Crippen molar-refractivity contribution in [3.63, 3.8) is 0 Å². The number of rotatable bonds is 4. The topological polar surface area (TPSA) is 45.2 Å². The minimum Gasteiger partial charge on any atom is -0.329 e. The highest BCUT2D eigenvalue weighted by molar-refractivity contribution is 5.94. The maximum Gasteiger partial charge on any atom is 0.254 e. The highest BCUT2D eigenvalue weighted by Gasteiger charge is 2.28. The van der Waals surface area contributed by atoms with Crippen LogP contribution in [-0.2, 0) is 6.42 Å². The first-order valence-electron chi connectivity index (χ1n) is 8.30. The van der Waals surface area contributed by atoms with Gasteiger partial charge in [0.25, 0.3) is 5.91 Å². The maximum absolute atomic E-state index is 12.9. The summed E-state index contributed by atoms with van der Waals surface area (Å²) in [5, 5.41) is 3.37. The average molecular weight is 346 g/mol. The Morgan fingerprint density at radius 2 is 2.08 bits per heavy atom. The molecule has 1 aromatic heterocycles. The van der Waals surface area contributed by atoms with Crippen molar-refractivity contribution in [2.24, 2.45) is 0 Å². The molecule has 1 saturated heterocycles. The minimum atomic E-state index is 0. The van der Waals surface area contributed by atoms with Crippen molar-refractivity contribution in [1.82, 2.24) is 15.2 Å². The SMILES string of the molecule is CCCc1ccc(C(=O)N2CCNCC2c2cccnc2)cc1.Cl. The molecule has 4 nitrogen and oxygen atoms in total. The molecule has 5 heteroatoms. The molecule has 0 bridgehead atoms. The maximum atomic E-state index is 12.9. The monoisotopic (exact) mass is 345 g/mol. The quantitative estimate of drug-likeness (QED) is 0.925. The molecule has 1 N–H and O–H groups in total. The van der Waals surface area contributed by atoms with Crippen molar-refractivity contribution in [1.29, 1.82) is 0 Å². The van der Waals surface area contributed by atoms with E-state index in [1.807, 2.05) is 35.4 Å². The van der Waals surface area contributed by atoms with Gasteiger partial charge in [-0.15, -0.1) is 12.4 Å². The Kier molecular flexibility index (Phi) is 6.76. The summed E-state index contributed by atoms with van der Waals surface area (Å²) < 4.78 is 0. The third-order valence-corrected chi connectivity index (χ3v) is 4.31. The summed E-state index contributed by atoms with van der Waals surface area (Å²) in [4.78, 5) is 19.1. The molecule has 0 aliphatic carbocycles. The zero-order valence-corrected chi connectivity index (χ0v) is 14.8. The van der Waals surface area contributed by atoms with E-state index in [9.17, 15) is 4.79 Å². The van der Waals surface area contributed by atoms with Gasteiger partial charge in [0.1, 0.15) is 0 Å². The Balaban J connectivity index is 0.00000208. The summed E-state index contributed by atoms with van der Waals surface area (Å²) >= 11 is 0. The fourth-order valence-electron chi connectivity index (χ4n) is 3.09. The van der Waals surface area contributed by atoms with Gasteiger partial charge in [-0.3, -0.25) is 9.78 Å². The Morgan fingerprint density at radius 3 is 2.75 bits per heavy atom. The first-order chi connectivity index (χ1) is 11.3. The third kappa shape index (κ3) is 4.13. The largest absolute Gasteiger partial charge is 0.329 e. The highest BCUT2D eigenvalue weighted by atomic mass is 35.5. The lowest BCUT2D eigenvalue weighted by Crippen LogP contribution is -2.48. The lowest BCUT2D eigenvalue weighted by atomic mass is 10.0. The van der Waals surface area contributed by atoms with E-state index in [-0.39, 0.29) is 24.4 Å². The minimum absolute atomic E-state index is 0. The normalized spacial score (nSPS) is 17.2. The van der Waals surface area contributed by atoms with Crippen molar-refractivity contribution >= 4 is 18.3 Å². The second-order valence-corrected chi connectivity index (χ2v) is 5.95. The van der Waals surface area contributed by atoms with Gasteiger partial charge in [0.15, 0.2) is 0 Å². The van der Waals surface area contributed by atoms with E-state index in [4.69, 9.17) is 0 Å². The summed E-state index contributed by atoms with van der Waals surface area (Å²) in [6, 6.07) is 12.0. The molecule has 2 heterocycles. The van der Waals surface area contributed by atoms with Gasteiger partial charge in [0, 0.05) is 37.6 Å². The van der Waals surface area contributed by atoms with E-state index < -0.39 is 0 Å². The van der Waals surface area contributed by atoms with Crippen LogP contribution in [0.5, 0.6) is 0 Å². The van der Waals surface area contributed by atoms with Gasteiger partial charge in [0.05, 0.1) is 6.04 Å². The van der Waals surface area contributed by atoms with Gasteiger partial charge < -0.3 is 10.2 Å².